The lowest BCUT2D eigenvalue weighted by atomic mass is 10.1. The maximum Gasteiger partial charge on any atom is 0.411 e. The SMILES string of the molecule is COC1=CC=C2N=C3N(SCc4c(C)c(OC)c(C)c[n+]43)C2C=C1. The second kappa shape index (κ2) is 5.70. The van der Waals surface area contributed by atoms with Gasteiger partial charge < -0.3 is 9.47 Å². The van der Waals surface area contributed by atoms with Gasteiger partial charge in [0.1, 0.15) is 17.2 Å². The van der Waals surface area contributed by atoms with Crippen molar-refractivity contribution >= 4 is 17.9 Å². The number of hydrogen-bond donors (Lipinski definition) is 0. The van der Waals surface area contributed by atoms with Crippen LogP contribution < -0.4 is 9.30 Å². The summed E-state index contributed by atoms with van der Waals surface area (Å²) in [5.41, 5.74) is 4.58. The lowest BCUT2D eigenvalue weighted by molar-refractivity contribution is -0.572. The van der Waals surface area contributed by atoms with Gasteiger partial charge in [0.25, 0.3) is 0 Å². The molecule has 124 valence electrons. The molecule has 0 radical (unpaired) electrons. The van der Waals surface area contributed by atoms with Crippen molar-refractivity contribution in [3.63, 3.8) is 0 Å². The summed E-state index contributed by atoms with van der Waals surface area (Å²) in [5.74, 6) is 3.67. The Morgan fingerprint density at radius 1 is 1.25 bits per heavy atom. The Bertz CT molecular complexity index is 839. The summed E-state index contributed by atoms with van der Waals surface area (Å²) in [6.07, 6.45) is 10.3. The largest absolute Gasteiger partial charge is 0.497 e. The Kier molecular flexibility index (Phi) is 3.64. The molecule has 0 fully saturated rings. The first-order chi connectivity index (χ1) is 11.6. The molecule has 3 aliphatic rings. The lowest BCUT2D eigenvalue weighted by Crippen LogP contribution is -2.56. The monoisotopic (exact) mass is 342 g/mol. The Hall–Kier alpha value is -2.21. The van der Waals surface area contributed by atoms with Crippen LogP contribution in [0.2, 0.25) is 0 Å². The fourth-order valence-corrected chi connectivity index (χ4v) is 4.57. The fraction of sp³-hybridized carbons (Fsp3) is 0.333. The highest BCUT2D eigenvalue weighted by molar-refractivity contribution is 7.96. The third-order valence-corrected chi connectivity index (χ3v) is 5.65. The van der Waals surface area contributed by atoms with Gasteiger partial charge >= 0.3 is 5.96 Å². The Morgan fingerprint density at radius 3 is 2.83 bits per heavy atom. The Balaban J connectivity index is 1.83. The molecule has 1 aliphatic carbocycles. The van der Waals surface area contributed by atoms with E-state index in [4.69, 9.17) is 14.5 Å². The topological polar surface area (TPSA) is 37.9 Å². The van der Waals surface area contributed by atoms with E-state index in [9.17, 15) is 0 Å². The van der Waals surface area contributed by atoms with Gasteiger partial charge in [-0.15, -0.1) is 0 Å². The van der Waals surface area contributed by atoms with Gasteiger partial charge in [-0.2, -0.15) is 4.31 Å². The van der Waals surface area contributed by atoms with Crippen LogP contribution in [-0.2, 0) is 10.5 Å². The maximum absolute atomic E-state index is 5.57. The van der Waals surface area contributed by atoms with Gasteiger partial charge in [-0.05, 0) is 38.2 Å². The number of aromatic nitrogens is 1. The van der Waals surface area contributed by atoms with E-state index in [1.54, 1.807) is 26.2 Å². The van der Waals surface area contributed by atoms with Crippen LogP contribution in [0, 0.1) is 13.8 Å². The minimum atomic E-state index is 0.136. The molecule has 4 rings (SSSR count). The highest BCUT2D eigenvalue weighted by Crippen LogP contribution is 2.36. The average Bonchev–Trinajstić information content (AvgIpc) is 2.81. The van der Waals surface area contributed by atoms with E-state index in [2.05, 4.69) is 35.0 Å². The van der Waals surface area contributed by atoms with Crippen LogP contribution in [0.3, 0.4) is 0 Å². The number of aryl methyl sites for hydroxylation is 1. The highest BCUT2D eigenvalue weighted by Gasteiger charge is 2.45. The second-order valence-corrected chi connectivity index (χ2v) is 6.91. The summed E-state index contributed by atoms with van der Waals surface area (Å²) in [6, 6.07) is 0.136. The van der Waals surface area contributed by atoms with Crippen molar-refractivity contribution in [1.82, 2.24) is 4.31 Å². The van der Waals surface area contributed by atoms with Gasteiger partial charge in [0.05, 0.1) is 26.2 Å². The van der Waals surface area contributed by atoms with Crippen molar-refractivity contribution in [2.75, 3.05) is 14.2 Å². The number of ether oxygens (including phenoxy) is 2. The third-order valence-electron chi connectivity index (χ3n) is 4.58. The second-order valence-electron chi connectivity index (χ2n) is 5.97. The fourth-order valence-electron chi connectivity index (χ4n) is 3.37. The van der Waals surface area contributed by atoms with E-state index in [1.165, 1.54) is 11.3 Å². The normalized spacial score (nSPS) is 21.1. The molecule has 0 bridgehead atoms. The van der Waals surface area contributed by atoms with Crippen LogP contribution in [0.1, 0.15) is 16.8 Å². The van der Waals surface area contributed by atoms with Crippen molar-refractivity contribution in [2.45, 2.75) is 25.6 Å². The summed E-state index contributed by atoms with van der Waals surface area (Å²) in [5, 5.41) is 0. The number of nitrogens with zero attached hydrogens (tertiary/aromatic N) is 3. The Labute approximate surface area is 146 Å². The molecule has 2 aliphatic heterocycles. The average molecular weight is 342 g/mol. The van der Waals surface area contributed by atoms with E-state index >= 15 is 0 Å². The molecule has 5 nitrogen and oxygen atoms in total. The molecule has 0 saturated heterocycles. The predicted octanol–water partition coefficient (Wildman–Crippen LogP) is 2.63. The standard InChI is InChI=1S/C18H20N3O2S/c1-11-9-20-16(12(2)17(11)23-4)10-24-21-15-8-6-13(22-3)5-7-14(15)19-18(20)21/h5-9,15H,10H2,1-4H3/q+1. The number of aliphatic imine (C=N–C) groups is 1. The smallest absolute Gasteiger partial charge is 0.411 e. The van der Waals surface area contributed by atoms with Crippen LogP contribution in [0.4, 0.5) is 0 Å². The zero-order valence-corrected chi connectivity index (χ0v) is 15.1. The number of pyridine rings is 1. The summed E-state index contributed by atoms with van der Waals surface area (Å²) in [6.45, 7) is 4.19. The summed E-state index contributed by atoms with van der Waals surface area (Å²) >= 11 is 1.79. The molecule has 1 aromatic rings. The number of methoxy groups -OCH3 is 2. The first-order valence-electron chi connectivity index (χ1n) is 7.88. The highest BCUT2D eigenvalue weighted by atomic mass is 32.2. The van der Waals surface area contributed by atoms with Gasteiger partial charge in [0.15, 0.2) is 11.7 Å². The van der Waals surface area contributed by atoms with Gasteiger partial charge in [-0.3, -0.25) is 0 Å². The number of fused-ring (bicyclic) bond motifs is 5. The van der Waals surface area contributed by atoms with Crippen LogP contribution in [0.5, 0.6) is 5.75 Å². The number of hydrogen-bond acceptors (Lipinski definition) is 5. The Morgan fingerprint density at radius 2 is 2.08 bits per heavy atom. The molecule has 0 amide bonds. The molecule has 1 atom stereocenters. The molecule has 1 unspecified atom stereocenters. The van der Waals surface area contributed by atoms with Crippen molar-refractivity contribution in [3.8, 4) is 5.75 Å². The van der Waals surface area contributed by atoms with Crippen molar-refractivity contribution in [1.29, 1.82) is 0 Å². The van der Waals surface area contributed by atoms with E-state index in [0.717, 1.165) is 34.5 Å². The molecule has 0 N–H and O–H groups in total. The van der Waals surface area contributed by atoms with Gasteiger partial charge in [-0.1, -0.05) is 4.99 Å². The minimum absolute atomic E-state index is 0.136. The van der Waals surface area contributed by atoms with E-state index in [-0.39, 0.29) is 6.04 Å². The molecule has 0 aromatic carbocycles. The van der Waals surface area contributed by atoms with Crippen LogP contribution in [-0.4, -0.2) is 30.5 Å². The molecule has 3 heterocycles. The first kappa shape index (κ1) is 15.3. The van der Waals surface area contributed by atoms with Gasteiger partial charge in [-0.25, -0.2) is 4.57 Å². The molecule has 0 saturated carbocycles. The third kappa shape index (κ3) is 2.17. The lowest BCUT2D eigenvalue weighted by Gasteiger charge is -2.25. The molecular formula is C18H20N3O2S+. The van der Waals surface area contributed by atoms with Crippen molar-refractivity contribution in [2.24, 2.45) is 4.99 Å². The van der Waals surface area contributed by atoms with Crippen LogP contribution >= 0.6 is 11.9 Å². The van der Waals surface area contributed by atoms with Gasteiger partial charge in [0, 0.05) is 23.1 Å². The van der Waals surface area contributed by atoms with E-state index in [1.807, 2.05) is 18.2 Å². The first-order valence-corrected chi connectivity index (χ1v) is 8.82. The van der Waals surface area contributed by atoms with Crippen LogP contribution in [0.25, 0.3) is 0 Å². The molecule has 6 heteroatoms. The number of rotatable bonds is 2. The quantitative estimate of drug-likeness (QED) is 0.612. The maximum atomic E-state index is 5.57. The van der Waals surface area contributed by atoms with E-state index < -0.39 is 0 Å². The molecular weight excluding hydrogens is 322 g/mol. The summed E-state index contributed by atoms with van der Waals surface area (Å²) in [4.78, 5) is 4.89. The molecule has 1 aromatic heterocycles. The summed E-state index contributed by atoms with van der Waals surface area (Å²) in [7, 11) is 3.42. The molecule has 24 heavy (non-hydrogen) atoms. The van der Waals surface area contributed by atoms with Gasteiger partial charge in [0.2, 0.25) is 0 Å². The molecule has 0 spiro atoms. The predicted molar refractivity (Wildman–Crippen MR) is 94.7 cm³/mol. The minimum Gasteiger partial charge on any atom is -0.497 e. The summed E-state index contributed by atoms with van der Waals surface area (Å²) < 4.78 is 15.4. The zero-order valence-electron chi connectivity index (χ0n) is 14.2. The van der Waals surface area contributed by atoms with Crippen LogP contribution in [0.15, 0.2) is 46.9 Å². The zero-order chi connectivity index (χ0) is 16.8. The van der Waals surface area contributed by atoms with Crippen molar-refractivity contribution < 1.29 is 14.0 Å². The number of allylic oxidation sites excluding steroid dienone is 3. The van der Waals surface area contributed by atoms with Crippen molar-refractivity contribution in [3.05, 3.63) is 58.8 Å². The van der Waals surface area contributed by atoms with E-state index in [0.29, 0.717) is 0 Å².